The van der Waals surface area contributed by atoms with E-state index in [2.05, 4.69) is 34.6 Å². The van der Waals surface area contributed by atoms with Gasteiger partial charge in [0.2, 0.25) is 0 Å². The maximum atomic E-state index is 3.47. The molecule has 2 unspecified atom stereocenters. The molecule has 0 saturated heterocycles. The predicted octanol–water partition coefficient (Wildman–Crippen LogP) is 3.69. The molecule has 0 bridgehead atoms. The Morgan fingerprint density at radius 3 is 2.91 bits per heavy atom. The topological polar surface area (TPSA) is 0 Å². The molecule has 11 heavy (non-hydrogen) atoms. The molecule has 2 heteroatoms. The molecule has 0 amide bonds. The molecule has 1 rings (SSSR count). The third-order valence-electron chi connectivity index (χ3n) is 2.32. The van der Waals surface area contributed by atoms with Crippen LogP contribution in [0.25, 0.3) is 0 Å². The normalized spacial score (nSPS) is 32.2. The van der Waals surface area contributed by atoms with Crippen molar-refractivity contribution in [3.8, 4) is 0 Å². The van der Waals surface area contributed by atoms with Crippen molar-refractivity contribution >= 4 is 27.7 Å². The molecular weight excluding hydrogens is 220 g/mol. The van der Waals surface area contributed by atoms with Gasteiger partial charge < -0.3 is 0 Å². The molecule has 0 aromatic heterocycles. The van der Waals surface area contributed by atoms with Crippen molar-refractivity contribution in [1.29, 1.82) is 0 Å². The van der Waals surface area contributed by atoms with E-state index in [1.54, 1.807) is 0 Å². The summed E-state index contributed by atoms with van der Waals surface area (Å²) in [6.07, 6.45) is 5.84. The lowest BCUT2D eigenvalue weighted by molar-refractivity contribution is 0.394. The number of halogens is 1. The highest BCUT2D eigenvalue weighted by Gasteiger charge is 2.18. The van der Waals surface area contributed by atoms with Gasteiger partial charge in [0.05, 0.1) is 0 Å². The Kier molecular flexibility index (Phi) is 4.93. The zero-order chi connectivity index (χ0) is 8.10. The quantitative estimate of drug-likeness (QED) is 0.674. The van der Waals surface area contributed by atoms with Crippen molar-refractivity contribution in [2.45, 2.75) is 37.9 Å². The lowest BCUT2D eigenvalue weighted by atomic mass is 9.91. The van der Waals surface area contributed by atoms with E-state index >= 15 is 0 Å². The highest BCUT2D eigenvalue weighted by Crippen LogP contribution is 2.31. The Labute approximate surface area is 82.6 Å². The lowest BCUT2D eigenvalue weighted by Crippen LogP contribution is -2.15. The number of rotatable bonds is 3. The van der Waals surface area contributed by atoms with E-state index < -0.39 is 0 Å². The van der Waals surface area contributed by atoms with E-state index in [0.29, 0.717) is 0 Å². The summed E-state index contributed by atoms with van der Waals surface area (Å²) < 4.78 is 0. The van der Waals surface area contributed by atoms with Crippen LogP contribution in [0.3, 0.4) is 0 Å². The van der Waals surface area contributed by atoms with E-state index in [4.69, 9.17) is 0 Å². The van der Waals surface area contributed by atoms with Crippen molar-refractivity contribution in [1.82, 2.24) is 0 Å². The summed E-state index contributed by atoms with van der Waals surface area (Å²) in [5, 5.41) is 2.12. The van der Waals surface area contributed by atoms with Crippen LogP contribution in [-0.4, -0.2) is 16.3 Å². The fourth-order valence-electron chi connectivity index (χ4n) is 1.74. The van der Waals surface area contributed by atoms with E-state index in [1.807, 2.05) is 0 Å². The molecule has 2 atom stereocenters. The maximum absolute atomic E-state index is 3.47. The maximum Gasteiger partial charge on any atom is 0.0122 e. The van der Waals surface area contributed by atoms with Crippen LogP contribution in [-0.2, 0) is 0 Å². The minimum absolute atomic E-state index is 0.969. The summed E-state index contributed by atoms with van der Waals surface area (Å²) in [6.45, 7) is 2.39. The molecule has 0 aliphatic heterocycles. The SMILES string of the molecule is CC1CCCC(SCCBr)C1. The van der Waals surface area contributed by atoms with Gasteiger partial charge in [0.15, 0.2) is 0 Å². The third-order valence-corrected chi connectivity index (χ3v) is 4.58. The van der Waals surface area contributed by atoms with Crippen LogP contribution in [0.15, 0.2) is 0 Å². The van der Waals surface area contributed by atoms with Crippen molar-refractivity contribution in [3.05, 3.63) is 0 Å². The molecule has 0 aromatic rings. The van der Waals surface area contributed by atoms with Crippen molar-refractivity contribution < 1.29 is 0 Å². The second-order valence-electron chi connectivity index (χ2n) is 3.45. The summed E-state index contributed by atoms with van der Waals surface area (Å²) in [7, 11) is 0. The molecule has 0 heterocycles. The van der Waals surface area contributed by atoms with Gasteiger partial charge in [0.25, 0.3) is 0 Å². The van der Waals surface area contributed by atoms with Crippen molar-refractivity contribution in [3.63, 3.8) is 0 Å². The first-order chi connectivity index (χ1) is 5.33. The van der Waals surface area contributed by atoms with Crippen molar-refractivity contribution in [2.24, 2.45) is 5.92 Å². The second-order valence-corrected chi connectivity index (χ2v) is 5.65. The van der Waals surface area contributed by atoms with Gasteiger partial charge in [0.1, 0.15) is 0 Å². The van der Waals surface area contributed by atoms with Gasteiger partial charge in [0, 0.05) is 16.3 Å². The van der Waals surface area contributed by atoms with Crippen LogP contribution < -0.4 is 0 Å². The predicted molar refractivity (Wildman–Crippen MR) is 57.7 cm³/mol. The Morgan fingerprint density at radius 1 is 1.45 bits per heavy atom. The van der Waals surface area contributed by atoms with Crippen LogP contribution in [0, 0.1) is 5.92 Å². The van der Waals surface area contributed by atoms with E-state index in [1.165, 1.54) is 31.4 Å². The number of thioether (sulfide) groups is 1. The van der Waals surface area contributed by atoms with Gasteiger partial charge in [-0.3, -0.25) is 0 Å². The molecular formula is C9H17BrS. The monoisotopic (exact) mass is 236 g/mol. The van der Waals surface area contributed by atoms with Gasteiger partial charge in [-0.25, -0.2) is 0 Å². The fraction of sp³-hybridized carbons (Fsp3) is 1.00. The highest BCUT2D eigenvalue weighted by atomic mass is 79.9. The van der Waals surface area contributed by atoms with E-state index in [0.717, 1.165) is 16.5 Å². The van der Waals surface area contributed by atoms with Gasteiger partial charge >= 0.3 is 0 Å². The first kappa shape index (κ1) is 9.91. The molecule has 0 radical (unpaired) electrons. The van der Waals surface area contributed by atoms with E-state index in [-0.39, 0.29) is 0 Å². The van der Waals surface area contributed by atoms with Crippen LogP contribution in [0.5, 0.6) is 0 Å². The van der Waals surface area contributed by atoms with Crippen LogP contribution in [0.4, 0.5) is 0 Å². The largest absolute Gasteiger partial charge is 0.158 e. The zero-order valence-electron chi connectivity index (χ0n) is 7.18. The van der Waals surface area contributed by atoms with Gasteiger partial charge in [-0.15, -0.1) is 0 Å². The standard InChI is InChI=1S/C9H17BrS/c1-8-3-2-4-9(7-8)11-6-5-10/h8-9H,2-7H2,1H3. The number of hydrogen-bond donors (Lipinski definition) is 0. The van der Waals surface area contributed by atoms with Crippen LogP contribution in [0.2, 0.25) is 0 Å². The number of hydrogen-bond acceptors (Lipinski definition) is 1. The first-order valence-electron chi connectivity index (χ1n) is 4.50. The Morgan fingerprint density at radius 2 is 2.27 bits per heavy atom. The third kappa shape index (κ3) is 3.84. The van der Waals surface area contributed by atoms with Crippen LogP contribution in [0.1, 0.15) is 32.6 Å². The summed E-state index contributed by atoms with van der Waals surface area (Å²) in [5.41, 5.74) is 0. The molecule has 0 N–H and O–H groups in total. The Hall–Kier alpha value is 0.830. The Bertz CT molecular complexity index is 106. The minimum Gasteiger partial charge on any atom is -0.158 e. The molecule has 66 valence electrons. The average Bonchev–Trinajstić information content (AvgIpc) is 2.01. The summed E-state index contributed by atoms with van der Waals surface area (Å²) in [6, 6.07) is 0. The molecule has 1 fully saturated rings. The minimum atomic E-state index is 0.969. The smallest absolute Gasteiger partial charge is 0.0122 e. The molecule has 0 aromatic carbocycles. The second kappa shape index (κ2) is 5.47. The molecule has 1 saturated carbocycles. The van der Waals surface area contributed by atoms with E-state index in [9.17, 15) is 0 Å². The van der Waals surface area contributed by atoms with Gasteiger partial charge in [-0.05, 0) is 18.8 Å². The van der Waals surface area contributed by atoms with Gasteiger partial charge in [-0.2, -0.15) is 11.8 Å². The molecule has 0 spiro atoms. The molecule has 1 aliphatic carbocycles. The fourth-order valence-corrected chi connectivity index (χ4v) is 3.52. The van der Waals surface area contributed by atoms with Gasteiger partial charge in [-0.1, -0.05) is 35.7 Å². The zero-order valence-corrected chi connectivity index (χ0v) is 9.59. The van der Waals surface area contributed by atoms with Crippen LogP contribution >= 0.6 is 27.7 Å². The average molecular weight is 237 g/mol. The summed E-state index contributed by atoms with van der Waals surface area (Å²) in [4.78, 5) is 0. The van der Waals surface area contributed by atoms with Crippen molar-refractivity contribution in [2.75, 3.05) is 11.1 Å². The Balaban J connectivity index is 2.12. The summed E-state index contributed by atoms with van der Waals surface area (Å²) in [5.74, 6) is 2.27. The lowest BCUT2D eigenvalue weighted by Gasteiger charge is -2.25. The summed E-state index contributed by atoms with van der Waals surface area (Å²) >= 11 is 5.62. The highest BCUT2D eigenvalue weighted by molar-refractivity contribution is 9.09. The first-order valence-corrected chi connectivity index (χ1v) is 6.67. The molecule has 1 aliphatic rings. The number of alkyl halides is 1. The molecule has 0 nitrogen and oxygen atoms in total.